The van der Waals surface area contributed by atoms with Gasteiger partial charge < -0.3 is 4.74 Å². The van der Waals surface area contributed by atoms with Crippen LogP contribution in [0, 0.1) is 0 Å². The van der Waals surface area contributed by atoms with Gasteiger partial charge in [-0.15, -0.1) is 0 Å². The lowest BCUT2D eigenvalue weighted by molar-refractivity contribution is -0.167. The molecule has 2 atom stereocenters. The molecule has 0 radical (unpaired) electrons. The first-order chi connectivity index (χ1) is 9.97. The van der Waals surface area contributed by atoms with Gasteiger partial charge in [0.1, 0.15) is 5.60 Å². The first-order valence-electron chi connectivity index (χ1n) is 7.93. The second-order valence-electron chi connectivity index (χ2n) is 7.35. The summed E-state index contributed by atoms with van der Waals surface area (Å²) in [4.78, 5) is 14.1. The predicted octanol–water partition coefficient (Wildman–Crippen LogP) is 3.06. The zero-order chi connectivity index (χ0) is 14.8. The summed E-state index contributed by atoms with van der Waals surface area (Å²) in [6.07, 6.45) is 4.19. The van der Waals surface area contributed by atoms with E-state index >= 15 is 0 Å². The highest BCUT2D eigenvalue weighted by Crippen LogP contribution is 2.67. The lowest BCUT2D eigenvalue weighted by Crippen LogP contribution is -2.57. The molecule has 2 fully saturated rings. The van der Waals surface area contributed by atoms with Crippen LogP contribution in [0.1, 0.15) is 55.6 Å². The van der Waals surface area contributed by atoms with Gasteiger partial charge in [-0.2, -0.15) is 0 Å². The van der Waals surface area contributed by atoms with Crippen molar-refractivity contribution in [3.8, 4) is 0 Å². The maximum absolute atomic E-state index is 11.8. The Kier molecular flexibility index (Phi) is 2.60. The molecule has 4 bridgehead atoms. The first kappa shape index (κ1) is 13.3. The number of benzene rings is 1. The second kappa shape index (κ2) is 4.10. The van der Waals surface area contributed by atoms with Crippen LogP contribution in [0.2, 0.25) is 0 Å². The summed E-state index contributed by atoms with van der Waals surface area (Å²) in [5, 5.41) is 0. The highest BCUT2D eigenvalue weighted by atomic mass is 16.6. The number of carbonyl (C=O) groups is 1. The lowest BCUT2D eigenvalue weighted by Gasteiger charge is -2.44. The average molecular weight is 285 g/mol. The molecule has 4 aliphatic carbocycles. The zero-order valence-electron chi connectivity index (χ0n) is 13.1. The number of nitrogens with zero attached hydrogens (tertiary/aromatic N) is 1. The van der Waals surface area contributed by atoms with Crippen molar-refractivity contribution in [1.82, 2.24) is 4.90 Å². The van der Waals surface area contributed by atoms with Crippen LogP contribution in [0.4, 0.5) is 0 Å². The number of hydrogen-bond acceptors (Lipinski definition) is 3. The molecule has 2 saturated carbocycles. The van der Waals surface area contributed by atoms with E-state index in [4.69, 9.17) is 4.74 Å². The van der Waals surface area contributed by atoms with E-state index in [1.807, 2.05) is 0 Å². The Balaban J connectivity index is 1.89. The van der Waals surface area contributed by atoms with Crippen LogP contribution in [0.3, 0.4) is 0 Å². The van der Waals surface area contributed by atoms with Gasteiger partial charge in [0.05, 0.1) is 5.54 Å². The van der Waals surface area contributed by atoms with Crippen molar-refractivity contribution in [2.24, 2.45) is 0 Å². The van der Waals surface area contributed by atoms with Crippen LogP contribution in [0.5, 0.6) is 0 Å². The van der Waals surface area contributed by atoms with Crippen molar-refractivity contribution < 1.29 is 9.53 Å². The van der Waals surface area contributed by atoms with Crippen molar-refractivity contribution in [3.05, 3.63) is 35.4 Å². The number of likely N-dealkylation sites (N-methyl/N-ethyl adjacent to an activating group) is 1. The van der Waals surface area contributed by atoms with Crippen LogP contribution in [-0.4, -0.2) is 36.1 Å². The standard InChI is InChI=1S/C18H23NO2/c1-12(20)21-18-10-13-8-17(18,19(2)3)9-14(11-18)16-7-5-4-6-15(13)16/h4-7,13-14H,8-11H2,1-3H3. The minimum atomic E-state index is -0.295. The zero-order valence-corrected chi connectivity index (χ0v) is 13.1. The summed E-state index contributed by atoms with van der Waals surface area (Å²) < 4.78 is 6.02. The van der Waals surface area contributed by atoms with Crippen molar-refractivity contribution >= 4 is 5.97 Å². The number of ether oxygens (including phenoxy) is 1. The molecule has 0 aromatic heterocycles. The summed E-state index contributed by atoms with van der Waals surface area (Å²) >= 11 is 0. The van der Waals surface area contributed by atoms with Gasteiger partial charge in [-0.3, -0.25) is 9.69 Å². The topological polar surface area (TPSA) is 29.5 Å². The molecule has 3 heteroatoms. The van der Waals surface area contributed by atoms with Crippen LogP contribution >= 0.6 is 0 Å². The molecule has 3 nitrogen and oxygen atoms in total. The summed E-state index contributed by atoms with van der Waals surface area (Å²) in [5.74, 6) is 0.916. The first-order valence-corrected chi connectivity index (χ1v) is 7.93. The van der Waals surface area contributed by atoms with E-state index in [1.165, 1.54) is 11.1 Å². The molecular formula is C18H23NO2. The third kappa shape index (κ3) is 1.56. The number of esters is 1. The van der Waals surface area contributed by atoms with Crippen molar-refractivity contribution in [3.63, 3.8) is 0 Å². The van der Waals surface area contributed by atoms with E-state index in [9.17, 15) is 4.79 Å². The van der Waals surface area contributed by atoms with E-state index < -0.39 is 0 Å². The number of rotatable bonds is 2. The van der Waals surface area contributed by atoms with E-state index in [0.29, 0.717) is 11.8 Å². The molecule has 0 saturated heterocycles. The fourth-order valence-electron chi connectivity index (χ4n) is 5.59. The van der Waals surface area contributed by atoms with Crippen molar-refractivity contribution in [1.29, 1.82) is 0 Å². The molecule has 112 valence electrons. The highest BCUT2D eigenvalue weighted by molar-refractivity contribution is 5.67. The Morgan fingerprint density at radius 3 is 2.05 bits per heavy atom. The highest BCUT2D eigenvalue weighted by Gasteiger charge is 2.69. The maximum atomic E-state index is 11.8. The molecule has 2 unspecified atom stereocenters. The summed E-state index contributed by atoms with van der Waals surface area (Å²) in [5.41, 5.74) is 2.71. The molecule has 0 N–H and O–H groups in total. The summed E-state index contributed by atoms with van der Waals surface area (Å²) in [6, 6.07) is 8.87. The van der Waals surface area contributed by atoms with E-state index in [2.05, 4.69) is 43.3 Å². The van der Waals surface area contributed by atoms with Gasteiger partial charge in [0, 0.05) is 6.92 Å². The van der Waals surface area contributed by atoms with E-state index in [1.54, 1.807) is 6.92 Å². The van der Waals surface area contributed by atoms with Crippen molar-refractivity contribution in [2.75, 3.05) is 14.1 Å². The lowest BCUT2D eigenvalue weighted by atomic mass is 9.84. The third-order valence-corrected chi connectivity index (χ3v) is 6.24. The summed E-state index contributed by atoms with van der Waals surface area (Å²) in [7, 11) is 4.30. The molecular weight excluding hydrogens is 262 g/mol. The SMILES string of the molecule is CC(=O)OC12CC3CC1(N(C)C)CC(C2)c1ccccc13. The van der Waals surface area contributed by atoms with Gasteiger partial charge in [0.25, 0.3) is 0 Å². The fraction of sp³-hybridized carbons (Fsp3) is 0.611. The molecule has 21 heavy (non-hydrogen) atoms. The second-order valence-corrected chi connectivity index (χ2v) is 7.35. The third-order valence-electron chi connectivity index (χ3n) is 6.24. The Bertz CT molecular complexity index is 572. The quantitative estimate of drug-likeness (QED) is 0.782. The Hall–Kier alpha value is -1.35. The summed E-state index contributed by atoms with van der Waals surface area (Å²) in [6.45, 7) is 1.56. The van der Waals surface area contributed by atoms with Gasteiger partial charge in [-0.25, -0.2) is 0 Å². The monoisotopic (exact) mass is 285 g/mol. The van der Waals surface area contributed by atoms with E-state index in [-0.39, 0.29) is 17.1 Å². The molecule has 0 aliphatic heterocycles. The van der Waals surface area contributed by atoms with Gasteiger partial charge in [-0.1, -0.05) is 24.3 Å². The molecule has 0 heterocycles. The fourth-order valence-corrected chi connectivity index (χ4v) is 5.59. The minimum absolute atomic E-state index is 0.00697. The average Bonchev–Trinajstić information content (AvgIpc) is 2.77. The number of carbonyl (C=O) groups excluding carboxylic acids is 1. The Morgan fingerprint density at radius 1 is 1.10 bits per heavy atom. The van der Waals surface area contributed by atoms with Gasteiger partial charge in [0.15, 0.2) is 0 Å². The molecule has 0 spiro atoms. The van der Waals surface area contributed by atoms with Crippen LogP contribution in [0.25, 0.3) is 0 Å². The molecule has 1 aromatic carbocycles. The van der Waals surface area contributed by atoms with Crippen LogP contribution in [0.15, 0.2) is 24.3 Å². The smallest absolute Gasteiger partial charge is 0.303 e. The number of hydrogen-bond donors (Lipinski definition) is 0. The van der Waals surface area contributed by atoms with Crippen molar-refractivity contribution in [2.45, 2.75) is 55.6 Å². The molecule has 0 amide bonds. The van der Waals surface area contributed by atoms with Gasteiger partial charge >= 0.3 is 5.97 Å². The molecule has 5 rings (SSSR count). The Morgan fingerprint density at radius 2 is 1.62 bits per heavy atom. The van der Waals surface area contributed by atoms with Gasteiger partial charge in [0.2, 0.25) is 0 Å². The minimum Gasteiger partial charge on any atom is -0.457 e. The van der Waals surface area contributed by atoms with Gasteiger partial charge in [-0.05, 0) is 62.7 Å². The van der Waals surface area contributed by atoms with E-state index in [0.717, 1.165) is 25.7 Å². The normalized spacial score (nSPS) is 39.4. The Labute approximate surface area is 126 Å². The molecule has 4 aliphatic rings. The maximum Gasteiger partial charge on any atom is 0.303 e. The van der Waals surface area contributed by atoms with Crippen LogP contribution < -0.4 is 0 Å². The molecule has 1 aromatic rings. The largest absolute Gasteiger partial charge is 0.457 e. The predicted molar refractivity (Wildman–Crippen MR) is 81.3 cm³/mol. The van der Waals surface area contributed by atoms with Crippen LogP contribution in [-0.2, 0) is 9.53 Å².